The smallest absolute Gasteiger partial charge is 0.192 e. The maximum absolute atomic E-state index is 10.1. The molecule has 1 aromatic rings. The number of hydrogen-bond donors (Lipinski definition) is 1. The molecule has 15 heavy (non-hydrogen) atoms. The van der Waals surface area contributed by atoms with Gasteiger partial charge in [0.25, 0.3) is 0 Å². The highest BCUT2D eigenvalue weighted by atomic mass is 35.5. The first-order valence-electron chi connectivity index (χ1n) is 4.17. The number of nitrogens with zero attached hydrogens (tertiary/aromatic N) is 3. The third kappa shape index (κ3) is 4.22. The van der Waals surface area contributed by atoms with Gasteiger partial charge in [-0.15, -0.1) is 11.3 Å². The van der Waals surface area contributed by atoms with Crippen molar-refractivity contribution in [2.24, 2.45) is 5.10 Å². The van der Waals surface area contributed by atoms with Crippen LogP contribution in [-0.2, 0) is 6.54 Å². The number of rotatable bonds is 4. The molecule has 1 heterocycles. The largest absolute Gasteiger partial charge is 0.363 e. The first-order valence-corrected chi connectivity index (χ1v) is 5.37. The van der Waals surface area contributed by atoms with E-state index < -0.39 is 5.03 Å². The van der Waals surface area contributed by atoms with E-state index in [1.165, 1.54) is 11.3 Å². The van der Waals surface area contributed by atoms with E-state index in [2.05, 4.69) is 15.4 Å². The van der Waals surface area contributed by atoms with Gasteiger partial charge in [0.05, 0.1) is 11.6 Å². The van der Waals surface area contributed by atoms with E-state index in [9.17, 15) is 10.1 Å². The molecule has 0 fully saturated rings. The van der Waals surface area contributed by atoms with E-state index in [4.69, 9.17) is 11.6 Å². The average Bonchev–Trinajstić information content (AvgIpc) is 2.58. The van der Waals surface area contributed by atoms with Gasteiger partial charge in [-0.2, -0.15) is 0 Å². The molecule has 8 heteroatoms. The minimum Gasteiger partial charge on any atom is -0.363 e. The highest BCUT2D eigenvalue weighted by Crippen LogP contribution is 2.17. The van der Waals surface area contributed by atoms with Crippen molar-refractivity contribution in [1.82, 2.24) is 10.3 Å². The van der Waals surface area contributed by atoms with Gasteiger partial charge in [0.2, 0.25) is 0 Å². The van der Waals surface area contributed by atoms with Crippen LogP contribution in [0.15, 0.2) is 11.3 Å². The lowest BCUT2D eigenvalue weighted by Crippen LogP contribution is -2.22. The van der Waals surface area contributed by atoms with E-state index in [0.717, 1.165) is 4.88 Å². The number of hydrazone groups is 1. The fraction of sp³-hybridized carbons (Fsp3) is 0.429. The number of aromatic nitrogens is 1. The quantitative estimate of drug-likeness (QED) is 0.382. The van der Waals surface area contributed by atoms with E-state index in [1.807, 2.05) is 0 Å². The molecule has 1 rings (SSSR count). The molecule has 1 N–H and O–H groups in total. The standard InChI is InChI=1S/C7H9ClN4O2S/c1-2-6(11-12(13)14)9-3-5-4-10-7(8)15-5/h4H,2-3H2,1H3,(H,9,11). The number of amidine groups is 1. The van der Waals surface area contributed by atoms with Crippen molar-refractivity contribution in [2.75, 3.05) is 0 Å². The zero-order chi connectivity index (χ0) is 11.3. The van der Waals surface area contributed by atoms with E-state index in [-0.39, 0.29) is 0 Å². The monoisotopic (exact) mass is 248 g/mol. The molecule has 0 aliphatic carbocycles. The van der Waals surface area contributed by atoms with Crippen molar-refractivity contribution in [3.05, 3.63) is 25.7 Å². The van der Waals surface area contributed by atoms with Crippen molar-refractivity contribution in [3.63, 3.8) is 0 Å². The number of nitrogens with one attached hydrogen (secondary N) is 1. The second kappa shape index (κ2) is 5.62. The van der Waals surface area contributed by atoms with Crippen LogP contribution in [0, 0.1) is 10.1 Å². The molecule has 0 atom stereocenters. The molecule has 1 aromatic heterocycles. The maximum atomic E-state index is 10.1. The molecule has 0 aliphatic heterocycles. The molecule has 82 valence electrons. The van der Waals surface area contributed by atoms with Crippen molar-refractivity contribution in [3.8, 4) is 0 Å². The molecular weight excluding hydrogens is 240 g/mol. The predicted molar refractivity (Wildman–Crippen MR) is 58.7 cm³/mol. The zero-order valence-electron chi connectivity index (χ0n) is 7.94. The number of halogens is 1. The Morgan fingerprint density at radius 1 is 1.87 bits per heavy atom. The maximum Gasteiger partial charge on any atom is 0.192 e. The predicted octanol–water partition coefficient (Wildman–Crippen LogP) is 1.89. The van der Waals surface area contributed by atoms with Gasteiger partial charge in [0.15, 0.2) is 15.3 Å². The Labute approximate surface area is 95.1 Å². The normalized spacial score (nSPS) is 11.5. The lowest BCUT2D eigenvalue weighted by molar-refractivity contribution is -0.485. The van der Waals surface area contributed by atoms with E-state index in [0.29, 0.717) is 23.3 Å². The second-order valence-corrected chi connectivity index (χ2v) is 4.27. The molecule has 0 bridgehead atoms. The summed E-state index contributed by atoms with van der Waals surface area (Å²) in [5, 5.41) is 15.5. The molecule has 0 aliphatic rings. The third-order valence-corrected chi connectivity index (χ3v) is 2.64. The average molecular weight is 249 g/mol. The van der Waals surface area contributed by atoms with Crippen molar-refractivity contribution >= 4 is 28.8 Å². The summed E-state index contributed by atoms with van der Waals surface area (Å²) in [7, 11) is 0. The fourth-order valence-electron chi connectivity index (χ4n) is 0.884. The first-order chi connectivity index (χ1) is 7.11. The molecular formula is C7H9ClN4O2S. The highest BCUT2D eigenvalue weighted by Gasteiger charge is 2.04. The van der Waals surface area contributed by atoms with Crippen LogP contribution in [0.1, 0.15) is 18.2 Å². The Morgan fingerprint density at radius 3 is 3.07 bits per heavy atom. The lowest BCUT2D eigenvalue weighted by Gasteiger charge is -2.01. The SMILES string of the molecule is CC/C(=N/[N+](=O)[O-])NCc1cnc(Cl)s1. The lowest BCUT2D eigenvalue weighted by atomic mass is 10.4. The highest BCUT2D eigenvalue weighted by molar-refractivity contribution is 7.15. The van der Waals surface area contributed by atoms with Gasteiger partial charge in [-0.1, -0.05) is 18.5 Å². The molecule has 0 radical (unpaired) electrons. The Hall–Kier alpha value is -1.21. The first kappa shape index (κ1) is 11.9. The van der Waals surface area contributed by atoms with Crippen molar-refractivity contribution in [1.29, 1.82) is 0 Å². The van der Waals surface area contributed by atoms with Crippen LogP contribution >= 0.6 is 22.9 Å². The second-order valence-electron chi connectivity index (χ2n) is 2.57. The van der Waals surface area contributed by atoms with Crippen LogP contribution in [-0.4, -0.2) is 15.9 Å². The minimum atomic E-state index is -0.717. The van der Waals surface area contributed by atoms with Crippen LogP contribution in [0.2, 0.25) is 4.47 Å². The van der Waals surface area contributed by atoms with Gasteiger partial charge in [0.1, 0.15) is 0 Å². The summed E-state index contributed by atoms with van der Waals surface area (Å²) in [6.07, 6.45) is 2.10. The number of hydrogen-bond acceptors (Lipinski definition) is 4. The summed E-state index contributed by atoms with van der Waals surface area (Å²) in [5.41, 5.74) is 0. The van der Waals surface area contributed by atoms with Gasteiger partial charge >= 0.3 is 0 Å². The summed E-state index contributed by atoms with van der Waals surface area (Å²) in [6, 6.07) is 0. The van der Waals surface area contributed by atoms with Gasteiger partial charge in [-0.25, -0.2) is 15.1 Å². The molecule has 0 spiro atoms. The number of nitro groups is 1. The fourth-order valence-corrected chi connectivity index (χ4v) is 1.80. The Balaban J connectivity index is 2.51. The Kier molecular flexibility index (Phi) is 4.44. The van der Waals surface area contributed by atoms with Gasteiger partial charge in [-0.3, -0.25) is 0 Å². The zero-order valence-corrected chi connectivity index (χ0v) is 9.51. The van der Waals surface area contributed by atoms with Crippen LogP contribution in [0.4, 0.5) is 0 Å². The topological polar surface area (TPSA) is 80.4 Å². The summed E-state index contributed by atoms with van der Waals surface area (Å²) in [5.74, 6) is 0.338. The molecule has 0 saturated carbocycles. The van der Waals surface area contributed by atoms with Gasteiger partial charge < -0.3 is 5.32 Å². The molecule has 0 aromatic carbocycles. The molecule has 6 nitrogen and oxygen atoms in total. The van der Waals surface area contributed by atoms with Crippen LogP contribution in [0.25, 0.3) is 0 Å². The summed E-state index contributed by atoms with van der Waals surface area (Å²) >= 11 is 6.96. The van der Waals surface area contributed by atoms with Gasteiger partial charge in [0, 0.05) is 17.5 Å². The summed E-state index contributed by atoms with van der Waals surface area (Å²) < 4.78 is 0.455. The summed E-state index contributed by atoms with van der Waals surface area (Å²) in [4.78, 5) is 14.9. The van der Waals surface area contributed by atoms with Crippen LogP contribution in [0.5, 0.6) is 0 Å². The van der Waals surface area contributed by atoms with Crippen molar-refractivity contribution in [2.45, 2.75) is 19.9 Å². The molecule has 0 unspecified atom stereocenters. The van der Waals surface area contributed by atoms with Crippen LogP contribution < -0.4 is 5.32 Å². The van der Waals surface area contributed by atoms with E-state index >= 15 is 0 Å². The van der Waals surface area contributed by atoms with Crippen LogP contribution in [0.3, 0.4) is 0 Å². The van der Waals surface area contributed by atoms with Crippen molar-refractivity contribution < 1.29 is 5.03 Å². The summed E-state index contributed by atoms with van der Waals surface area (Å²) in [6.45, 7) is 2.24. The Bertz CT molecular complexity index is 379. The van der Waals surface area contributed by atoms with Gasteiger partial charge in [-0.05, 0) is 0 Å². The minimum absolute atomic E-state index is 0.338. The molecule has 0 amide bonds. The third-order valence-electron chi connectivity index (χ3n) is 1.53. The van der Waals surface area contributed by atoms with E-state index in [1.54, 1.807) is 13.1 Å². The molecule has 0 saturated heterocycles. The Morgan fingerprint density at radius 2 is 2.60 bits per heavy atom. The number of thiazole rings is 1.